The molecule has 112 valence electrons. The van der Waals surface area contributed by atoms with Crippen molar-refractivity contribution in [3.05, 3.63) is 39.1 Å². The van der Waals surface area contributed by atoms with Crippen LogP contribution in [-0.4, -0.2) is 22.4 Å². The molecular formula is C14H17ClN4OS. The molecule has 0 aliphatic carbocycles. The van der Waals surface area contributed by atoms with Gasteiger partial charge in [0, 0.05) is 17.3 Å². The Labute approximate surface area is 132 Å². The molecule has 2 heterocycles. The number of nitrogens with one attached hydrogen (secondary N) is 1. The molecule has 0 radical (unpaired) electrons. The lowest BCUT2D eigenvalue weighted by Gasteiger charge is -2.09. The molecule has 2 aromatic rings. The van der Waals surface area contributed by atoms with E-state index in [1.807, 2.05) is 26.0 Å². The monoisotopic (exact) mass is 324 g/mol. The highest BCUT2D eigenvalue weighted by Gasteiger charge is 2.14. The number of hydrogen-bond acceptors (Lipinski definition) is 5. The molecule has 2 rings (SSSR count). The summed E-state index contributed by atoms with van der Waals surface area (Å²) in [5, 5.41) is 2.82. The maximum atomic E-state index is 12.1. The Morgan fingerprint density at radius 1 is 1.48 bits per heavy atom. The summed E-state index contributed by atoms with van der Waals surface area (Å²) in [4.78, 5) is 21.6. The highest BCUT2D eigenvalue weighted by molar-refractivity contribution is 7.16. The predicted molar refractivity (Wildman–Crippen MR) is 85.9 cm³/mol. The van der Waals surface area contributed by atoms with E-state index in [-0.39, 0.29) is 23.2 Å². The lowest BCUT2D eigenvalue weighted by atomic mass is 10.2. The van der Waals surface area contributed by atoms with Crippen LogP contribution in [0.4, 0.5) is 5.69 Å². The molecule has 7 heteroatoms. The molecule has 1 amide bonds. The molecule has 5 nitrogen and oxygen atoms in total. The molecule has 0 saturated heterocycles. The zero-order valence-corrected chi connectivity index (χ0v) is 13.5. The fraction of sp³-hybridized carbons (Fsp3) is 0.357. The topological polar surface area (TPSA) is 80.9 Å². The lowest BCUT2D eigenvalue weighted by molar-refractivity contribution is 0.0949. The third-order valence-electron chi connectivity index (χ3n) is 2.85. The number of nitrogens with zero attached hydrogens (tertiary/aromatic N) is 2. The van der Waals surface area contributed by atoms with Gasteiger partial charge in [-0.2, -0.15) is 0 Å². The van der Waals surface area contributed by atoms with Crippen LogP contribution in [-0.2, 0) is 6.42 Å². The van der Waals surface area contributed by atoms with Gasteiger partial charge in [-0.25, -0.2) is 9.97 Å². The van der Waals surface area contributed by atoms with Crippen LogP contribution >= 0.6 is 22.9 Å². The second kappa shape index (κ2) is 6.87. The number of hydrogen-bond donors (Lipinski definition) is 2. The molecule has 0 aliphatic rings. The van der Waals surface area contributed by atoms with E-state index in [0.717, 1.165) is 15.6 Å². The van der Waals surface area contributed by atoms with Crippen LogP contribution in [0.15, 0.2) is 18.3 Å². The third-order valence-corrected chi connectivity index (χ3v) is 4.14. The van der Waals surface area contributed by atoms with Crippen molar-refractivity contribution in [2.24, 2.45) is 0 Å². The van der Waals surface area contributed by atoms with Crippen molar-refractivity contribution in [1.82, 2.24) is 15.3 Å². The van der Waals surface area contributed by atoms with Crippen LogP contribution in [0.2, 0.25) is 4.34 Å². The second-order valence-electron chi connectivity index (χ2n) is 4.90. The summed E-state index contributed by atoms with van der Waals surface area (Å²) in [6.45, 7) is 4.44. The summed E-state index contributed by atoms with van der Waals surface area (Å²) in [5.41, 5.74) is 6.30. The average molecular weight is 325 g/mol. The first kappa shape index (κ1) is 15.7. The number of nitrogens with two attached hydrogens (primary N) is 1. The van der Waals surface area contributed by atoms with E-state index in [4.69, 9.17) is 17.3 Å². The molecular weight excluding hydrogens is 308 g/mol. The average Bonchev–Trinajstić information content (AvgIpc) is 2.84. The fourth-order valence-corrected chi connectivity index (χ4v) is 2.82. The van der Waals surface area contributed by atoms with Crippen molar-refractivity contribution >= 4 is 34.5 Å². The minimum absolute atomic E-state index is 0.144. The summed E-state index contributed by atoms with van der Waals surface area (Å²) >= 11 is 7.37. The van der Waals surface area contributed by atoms with E-state index in [1.54, 1.807) is 0 Å². The van der Waals surface area contributed by atoms with E-state index in [0.29, 0.717) is 12.4 Å². The molecule has 0 spiro atoms. The van der Waals surface area contributed by atoms with Crippen molar-refractivity contribution in [3.63, 3.8) is 0 Å². The predicted octanol–water partition coefficient (Wildman–Crippen LogP) is 2.87. The highest BCUT2D eigenvalue weighted by atomic mass is 35.5. The first-order valence-corrected chi connectivity index (χ1v) is 7.81. The minimum atomic E-state index is -0.278. The Kier molecular flexibility index (Phi) is 5.14. The highest BCUT2D eigenvalue weighted by Crippen LogP contribution is 2.21. The molecule has 0 bridgehead atoms. The van der Waals surface area contributed by atoms with Crippen LogP contribution in [0.3, 0.4) is 0 Å². The molecule has 3 N–H and O–H groups in total. The molecule has 0 unspecified atom stereocenters. The van der Waals surface area contributed by atoms with Crippen molar-refractivity contribution in [2.45, 2.75) is 26.2 Å². The van der Waals surface area contributed by atoms with Gasteiger partial charge in [0.1, 0.15) is 5.82 Å². The number of nitrogen functional groups attached to an aromatic ring is 1. The molecule has 0 atom stereocenters. The van der Waals surface area contributed by atoms with Crippen molar-refractivity contribution in [2.75, 3.05) is 12.3 Å². The number of carbonyl (C=O) groups excluding carboxylic acids is 1. The lowest BCUT2D eigenvalue weighted by Crippen LogP contribution is -2.28. The quantitative estimate of drug-likeness (QED) is 0.886. The van der Waals surface area contributed by atoms with Gasteiger partial charge in [-0.1, -0.05) is 25.4 Å². The van der Waals surface area contributed by atoms with Crippen molar-refractivity contribution in [1.29, 1.82) is 0 Å². The first-order valence-electron chi connectivity index (χ1n) is 6.62. The van der Waals surface area contributed by atoms with E-state index < -0.39 is 0 Å². The summed E-state index contributed by atoms with van der Waals surface area (Å²) < 4.78 is 0.748. The Bertz CT molecular complexity index is 642. The Morgan fingerprint density at radius 2 is 2.24 bits per heavy atom. The standard InChI is InChI=1S/C14H17ClN4OS/c1-8(2)13-18-7-10(16)12(19-13)14(20)17-6-5-9-3-4-11(15)21-9/h3-4,7-8H,5-6,16H2,1-2H3,(H,17,20). The Balaban J connectivity index is 1.98. The summed E-state index contributed by atoms with van der Waals surface area (Å²) in [5.74, 6) is 0.476. The maximum Gasteiger partial charge on any atom is 0.272 e. The van der Waals surface area contributed by atoms with E-state index in [1.165, 1.54) is 17.5 Å². The Hall–Kier alpha value is -1.66. The summed E-state index contributed by atoms with van der Waals surface area (Å²) in [6, 6.07) is 3.80. The van der Waals surface area contributed by atoms with Gasteiger partial charge in [-0.15, -0.1) is 11.3 Å². The van der Waals surface area contributed by atoms with Gasteiger partial charge in [0.2, 0.25) is 0 Å². The maximum absolute atomic E-state index is 12.1. The Morgan fingerprint density at radius 3 is 2.86 bits per heavy atom. The number of carbonyl (C=O) groups is 1. The van der Waals surface area contributed by atoms with Gasteiger partial charge < -0.3 is 11.1 Å². The number of aromatic nitrogens is 2. The zero-order valence-electron chi connectivity index (χ0n) is 11.9. The zero-order chi connectivity index (χ0) is 15.4. The number of thiophene rings is 1. The first-order chi connectivity index (χ1) is 9.97. The van der Waals surface area contributed by atoms with Gasteiger partial charge in [-0.05, 0) is 18.6 Å². The summed E-state index contributed by atoms with van der Waals surface area (Å²) in [6.07, 6.45) is 2.21. The molecule has 0 fully saturated rings. The van der Waals surface area contributed by atoms with Crippen LogP contribution in [0.1, 0.15) is 41.0 Å². The van der Waals surface area contributed by atoms with E-state index in [9.17, 15) is 4.79 Å². The largest absolute Gasteiger partial charge is 0.396 e. The van der Waals surface area contributed by atoms with Gasteiger partial charge in [0.25, 0.3) is 5.91 Å². The fourth-order valence-electron chi connectivity index (χ4n) is 1.73. The second-order valence-corrected chi connectivity index (χ2v) is 6.70. The van der Waals surface area contributed by atoms with Crippen molar-refractivity contribution < 1.29 is 4.79 Å². The SMILES string of the molecule is CC(C)c1ncc(N)c(C(=O)NCCc2ccc(Cl)s2)n1. The molecule has 0 aromatic carbocycles. The van der Waals surface area contributed by atoms with Crippen LogP contribution in [0.25, 0.3) is 0 Å². The number of amides is 1. The smallest absolute Gasteiger partial charge is 0.272 e. The number of halogens is 1. The third kappa shape index (κ3) is 4.15. The van der Waals surface area contributed by atoms with Gasteiger partial charge in [0.05, 0.1) is 16.2 Å². The van der Waals surface area contributed by atoms with Crippen LogP contribution < -0.4 is 11.1 Å². The molecule has 0 aliphatic heterocycles. The van der Waals surface area contributed by atoms with Gasteiger partial charge in [-0.3, -0.25) is 4.79 Å². The van der Waals surface area contributed by atoms with Crippen molar-refractivity contribution in [3.8, 4) is 0 Å². The van der Waals surface area contributed by atoms with Crippen LogP contribution in [0.5, 0.6) is 0 Å². The minimum Gasteiger partial charge on any atom is -0.396 e. The van der Waals surface area contributed by atoms with E-state index in [2.05, 4.69) is 15.3 Å². The normalized spacial score (nSPS) is 10.9. The van der Waals surface area contributed by atoms with Gasteiger partial charge in [0.15, 0.2) is 5.69 Å². The number of anilines is 1. The molecule has 2 aromatic heterocycles. The molecule has 21 heavy (non-hydrogen) atoms. The number of rotatable bonds is 5. The van der Waals surface area contributed by atoms with Crippen LogP contribution in [0, 0.1) is 0 Å². The summed E-state index contributed by atoms with van der Waals surface area (Å²) in [7, 11) is 0. The van der Waals surface area contributed by atoms with Gasteiger partial charge >= 0.3 is 0 Å². The van der Waals surface area contributed by atoms with E-state index >= 15 is 0 Å². The molecule has 0 saturated carbocycles.